The summed E-state index contributed by atoms with van der Waals surface area (Å²) in [5, 5.41) is 1.88. The first kappa shape index (κ1) is 18.8. The summed E-state index contributed by atoms with van der Waals surface area (Å²) in [5.74, 6) is -0.415. The predicted molar refractivity (Wildman–Crippen MR) is 97.4 cm³/mol. The second kappa shape index (κ2) is 7.14. The highest BCUT2D eigenvalue weighted by Crippen LogP contribution is 2.34. The summed E-state index contributed by atoms with van der Waals surface area (Å²) in [4.78, 5) is 22.2. The van der Waals surface area contributed by atoms with Crippen LogP contribution in [-0.2, 0) is 25.7 Å². The minimum atomic E-state index is -4.64. The van der Waals surface area contributed by atoms with Crippen LogP contribution in [0, 0.1) is 5.82 Å². The third-order valence-corrected chi connectivity index (χ3v) is 5.58. The van der Waals surface area contributed by atoms with Crippen molar-refractivity contribution in [2.45, 2.75) is 25.7 Å². The Bertz CT molecular complexity index is 1060. The monoisotopic (exact) mass is 409 g/mol. The van der Waals surface area contributed by atoms with Gasteiger partial charge in [0.15, 0.2) is 5.82 Å². The topological polar surface area (TPSA) is 49.0 Å². The van der Waals surface area contributed by atoms with Gasteiger partial charge in [-0.3, -0.25) is 9.69 Å². The normalized spacial score (nSPS) is 14.9. The SMILES string of the molecule is O=c1[nH]c(-c2cccs2)nc2c1CN(Cc1c(F)cccc1C(F)(F)F)CC2. The standard InChI is InChI=1S/C19H15F4N3OS/c20-14-4-1-3-13(19(21,22)23)11(14)9-26-7-6-15-12(10-26)18(27)25-17(24-15)16-5-2-8-28-16/h1-5,8H,6-7,9-10H2,(H,24,25,27). The number of nitrogens with one attached hydrogen (secondary N) is 1. The smallest absolute Gasteiger partial charge is 0.306 e. The lowest BCUT2D eigenvalue weighted by Gasteiger charge is -2.28. The summed E-state index contributed by atoms with van der Waals surface area (Å²) >= 11 is 1.45. The zero-order valence-corrected chi connectivity index (χ0v) is 15.3. The molecule has 3 aromatic rings. The molecular weight excluding hydrogens is 394 g/mol. The zero-order chi connectivity index (χ0) is 19.9. The van der Waals surface area contributed by atoms with E-state index >= 15 is 0 Å². The number of rotatable bonds is 3. The van der Waals surface area contributed by atoms with Gasteiger partial charge in [0, 0.05) is 31.6 Å². The molecule has 2 aromatic heterocycles. The van der Waals surface area contributed by atoms with Gasteiger partial charge in [-0.25, -0.2) is 9.37 Å². The number of halogens is 4. The maximum atomic E-state index is 14.1. The molecule has 3 heterocycles. The van der Waals surface area contributed by atoms with Gasteiger partial charge in [0.05, 0.1) is 21.7 Å². The number of aromatic nitrogens is 2. The summed E-state index contributed by atoms with van der Waals surface area (Å²) in [5.41, 5.74) is -0.663. The molecule has 1 aromatic carbocycles. The molecule has 9 heteroatoms. The molecule has 4 nitrogen and oxygen atoms in total. The lowest BCUT2D eigenvalue weighted by Crippen LogP contribution is -2.36. The Kier molecular flexibility index (Phi) is 4.80. The first-order valence-electron chi connectivity index (χ1n) is 8.56. The molecule has 0 unspecified atom stereocenters. The molecule has 0 bridgehead atoms. The fourth-order valence-electron chi connectivity index (χ4n) is 3.35. The van der Waals surface area contributed by atoms with E-state index in [0.717, 1.165) is 23.1 Å². The first-order chi connectivity index (χ1) is 13.3. The minimum absolute atomic E-state index is 0.119. The quantitative estimate of drug-likeness (QED) is 0.660. The lowest BCUT2D eigenvalue weighted by molar-refractivity contribution is -0.138. The molecule has 0 spiro atoms. The van der Waals surface area contributed by atoms with Gasteiger partial charge in [0.1, 0.15) is 5.82 Å². The average Bonchev–Trinajstić information content (AvgIpc) is 3.17. The number of hydrogen-bond donors (Lipinski definition) is 1. The third-order valence-electron chi connectivity index (χ3n) is 4.71. The van der Waals surface area contributed by atoms with Crippen molar-refractivity contribution in [2.24, 2.45) is 0 Å². The van der Waals surface area contributed by atoms with Gasteiger partial charge in [-0.1, -0.05) is 12.1 Å². The fraction of sp³-hybridized carbons (Fsp3) is 0.263. The van der Waals surface area contributed by atoms with E-state index in [9.17, 15) is 22.4 Å². The van der Waals surface area contributed by atoms with Crippen LogP contribution in [0.2, 0.25) is 0 Å². The summed E-state index contributed by atoms with van der Waals surface area (Å²) in [6, 6.07) is 6.64. The van der Waals surface area contributed by atoms with Crippen molar-refractivity contribution in [1.82, 2.24) is 14.9 Å². The second-order valence-corrected chi connectivity index (χ2v) is 7.49. The molecule has 0 radical (unpaired) electrons. The van der Waals surface area contributed by atoms with Crippen molar-refractivity contribution in [3.05, 3.63) is 74.3 Å². The van der Waals surface area contributed by atoms with Gasteiger partial charge in [-0.2, -0.15) is 13.2 Å². The molecule has 0 saturated carbocycles. The molecule has 1 aliphatic heterocycles. The van der Waals surface area contributed by atoms with Crippen LogP contribution in [0.5, 0.6) is 0 Å². The van der Waals surface area contributed by atoms with E-state index in [0.29, 0.717) is 30.0 Å². The Hall–Kier alpha value is -2.52. The van der Waals surface area contributed by atoms with Gasteiger partial charge < -0.3 is 4.98 Å². The van der Waals surface area contributed by atoms with Gasteiger partial charge >= 0.3 is 6.18 Å². The number of benzene rings is 1. The van der Waals surface area contributed by atoms with Crippen LogP contribution in [0.3, 0.4) is 0 Å². The Balaban J connectivity index is 1.62. The largest absolute Gasteiger partial charge is 0.416 e. The highest BCUT2D eigenvalue weighted by atomic mass is 32.1. The van der Waals surface area contributed by atoms with Crippen molar-refractivity contribution < 1.29 is 17.6 Å². The van der Waals surface area contributed by atoms with Gasteiger partial charge in [-0.15, -0.1) is 11.3 Å². The molecule has 0 aliphatic carbocycles. The number of H-pyrrole nitrogens is 1. The lowest BCUT2D eigenvalue weighted by atomic mass is 10.0. The molecule has 0 amide bonds. The number of fused-ring (bicyclic) bond motifs is 1. The number of hydrogen-bond acceptors (Lipinski definition) is 4. The van der Waals surface area contributed by atoms with Gasteiger partial charge in [-0.05, 0) is 23.6 Å². The number of aromatic amines is 1. The fourth-order valence-corrected chi connectivity index (χ4v) is 4.02. The maximum Gasteiger partial charge on any atom is 0.416 e. The summed E-state index contributed by atoms with van der Waals surface area (Å²) in [7, 11) is 0. The zero-order valence-electron chi connectivity index (χ0n) is 14.5. The predicted octanol–water partition coefficient (Wildman–Crippen LogP) is 4.21. The number of alkyl halides is 3. The van der Waals surface area contributed by atoms with Crippen LogP contribution < -0.4 is 5.56 Å². The highest BCUT2D eigenvalue weighted by molar-refractivity contribution is 7.13. The van der Waals surface area contributed by atoms with E-state index in [1.54, 1.807) is 4.90 Å². The molecule has 28 heavy (non-hydrogen) atoms. The Morgan fingerprint density at radius 3 is 2.75 bits per heavy atom. The molecular formula is C19H15F4N3OS. The van der Waals surface area contributed by atoms with Crippen molar-refractivity contribution in [1.29, 1.82) is 0 Å². The van der Waals surface area contributed by atoms with Crippen molar-refractivity contribution in [2.75, 3.05) is 6.54 Å². The van der Waals surface area contributed by atoms with Gasteiger partial charge in [0.25, 0.3) is 5.56 Å². The van der Waals surface area contributed by atoms with Crippen LogP contribution >= 0.6 is 11.3 Å². The van der Waals surface area contributed by atoms with Crippen molar-refractivity contribution in [3.63, 3.8) is 0 Å². The van der Waals surface area contributed by atoms with Crippen molar-refractivity contribution in [3.8, 4) is 10.7 Å². The molecule has 1 N–H and O–H groups in total. The van der Waals surface area contributed by atoms with E-state index < -0.39 is 23.1 Å². The second-order valence-electron chi connectivity index (χ2n) is 6.54. The Morgan fingerprint density at radius 2 is 2.04 bits per heavy atom. The average molecular weight is 409 g/mol. The minimum Gasteiger partial charge on any atom is -0.306 e. The van der Waals surface area contributed by atoms with E-state index in [1.807, 2.05) is 17.5 Å². The van der Waals surface area contributed by atoms with Crippen molar-refractivity contribution >= 4 is 11.3 Å². The first-order valence-corrected chi connectivity index (χ1v) is 9.44. The van der Waals surface area contributed by atoms with Crippen LogP contribution in [0.4, 0.5) is 17.6 Å². The molecule has 0 fully saturated rings. The van der Waals surface area contributed by atoms with E-state index in [-0.39, 0.29) is 18.6 Å². The molecule has 1 aliphatic rings. The molecule has 4 rings (SSSR count). The Labute approximate surface area is 161 Å². The summed E-state index contributed by atoms with van der Waals surface area (Å²) in [6.45, 7) is 0.278. The maximum absolute atomic E-state index is 14.1. The van der Waals surface area contributed by atoms with Crippen LogP contribution in [0.1, 0.15) is 22.4 Å². The molecule has 146 valence electrons. The summed E-state index contributed by atoms with van der Waals surface area (Å²) in [6.07, 6.45) is -4.23. The molecule has 0 atom stereocenters. The van der Waals surface area contributed by atoms with Crippen LogP contribution in [-0.4, -0.2) is 21.4 Å². The number of thiophene rings is 1. The van der Waals surface area contributed by atoms with Crippen LogP contribution in [0.25, 0.3) is 10.7 Å². The number of nitrogens with zero attached hydrogens (tertiary/aromatic N) is 2. The molecule has 0 saturated heterocycles. The highest BCUT2D eigenvalue weighted by Gasteiger charge is 2.35. The van der Waals surface area contributed by atoms with E-state index in [1.165, 1.54) is 11.3 Å². The van der Waals surface area contributed by atoms with E-state index in [4.69, 9.17) is 0 Å². The van der Waals surface area contributed by atoms with Crippen LogP contribution in [0.15, 0.2) is 40.5 Å². The van der Waals surface area contributed by atoms with Gasteiger partial charge in [0.2, 0.25) is 0 Å². The Morgan fingerprint density at radius 1 is 1.21 bits per heavy atom. The summed E-state index contributed by atoms with van der Waals surface area (Å²) < 4.78 is 53.8. The third kappa shape index (κ3) is 3.59. The van der Waals surface area contributed by atoms with E-state index in [2.05, 4.69) is 9.97 Å².